The lowest BCUT2D eigenvalue weighted by Gasteiger charge is -2.38. The van der Waals surface area contributed by atoms with Crippen molar-refractivity contribution in [2.45, 2.75) is 65.2 Å². The summed E-state index contributed by atoms with van der Waals surface area (Å²) in [6.07, 6.45) is 9.52. The van der Waals surface area contributed by atoms with Gasteiger partial charge in [0.05, 0.1) is 0 Å². The lowest BCUT2D eigenvalue weighted by molar-refractivity contribution is -0.138. The molecule has 0 unspecified atom stereocenters. The topological polar surface area (TPSA) is 43.9 Å². The summed E-state index contributed by atoms with van der Waals surface area (Å²) in [5.74, 6) is 2.55. The molecule has 2 heterocycles. The minimum Gasteiger partial charge on any atom is -0.343 e. The van der Waals surface area contributed by atoms with Gasteiger partial charge in [-0.3, -0.25) is 14.5 Å². The molecular weight excluding hydrogens is 338 g/mol. The van der Waals surface area contributed by atoms with E-state index in [4.69, 9.17) is 0 Å². The maximum absolute atomic E-state index is 12.7. The molecule has 3 fully saturated rings. The summed E-state index contributed by atoms with van der Waals surface area (Å²) in [4.78, 5) is 30.8. The zero-order valence-corrected chi connectivity index (χ0v) is 17.5. The third-order valence-electron chi connectivity index (χ3n) is 7.20. The van der Waals surface area contributed by atoms with E-state index in [0.717, 1.165) is 70.5 Å². The monoisotopic (exact) mass is 377 g/mol. The van der Waals surface area contributed by atoms with Crippen molar-refractivity contribution in [3.8, 4) is 0 Å². The fourth-order valence-electron chi connectivity index (χ4n) is 5.10. The molecule has 0 aromatic carbocycles. The minimum absolute atomic E-state index is 0.226. The first-order valence-corrected chi connectivity index (χ1v) is 11.3. The van der Waals surface area contributed by atoms with E-state index in [1.165, 1.54) is 38.5 Å². The summed E-state index contributed by atoms with van der Waals surface area (Å²) in [5, 5.41) is 0. The predicted molar refractivity (Wildman–Crippen MR) is 108 cm³/mol. The van der Waals surface area contributed by atoms with E-state index < -0.39 is 0 Å². The highest BCUT2D eigenvalue weighted by atomic mass is 16.2. The molecule has 3 rings (SSSR count). The van der Waals surface area contributed by atoms with Crippen LogP contribution in [-0.2, 0) is 9.59 Å². The maximum Gasteiger partial charge on any atom is 0.225 e. The van der Waals surface area contributed by atoms with Crippen LogP contribution in [0.2, 0.25) is 0 Å². The van der Waals surface area contributed by atoms with Crippen molar-refractivity contribution in [1.29, 1.82) is 0 Å². The van der Waals surface area contributed by atoms with Crippen LogP contribution in [0.25, 0.3) is 0 Å². The molecule has 3 aliphatic rings. The largest absolute Gasteiger partial charge is 0.343 e. The Morgan fingerprint density at radius 3 is 2.04 bits per heavy atom. The van der Waals surface area contributed by atoms with Crippen LogP contribution in [-0.4, -0.2) is 72.3 Å². The molecule has 2 amide bonds. The van der Waals surface area contributed by atoms with E-state index in [1.54, 1.807) is 6.92 Å². The standard InChI is InChI=1S/C22H39N3O2/c1-18-5-7-21(8-6-18)22(27)25-16-14-23(15-17-25)11-3-4-20-9-12-24(13-10-20)19(2)26/h18,20-21H,3-17H2,1-2H3/t18-,21-. The van der Waals surface area contributed by atoms with Crippen molar-refractivity contribution in [2.75, 3.05) is 45.8 Å². The fraction of sp³-hybridized carbons (Fsp3) is 0.909. The van der Waals surface area contributed by atoms with Crippen LogP contribution in [0.5, 0.6) is 0 Å². The molecule has 2 saturated heterocycles. The van der Waals surface area contributed by atoms with Crippen molar-refractivity contribution in [2.24, 2.45) is 17.8 Å². The van der Waals surface area contributed by atoms with E-state index >= 15 is 0 Å². The number of carbonyl (C=O) groups is 2. The summed E-state index contributed by atoms with van der Waals surface area (Å²) >= 11 is 0. The number of carbonyl (C=O) groups excluding carboxylic acids is 2. The smallest absolute Gasteiger partial charge is 0.225 e. The number of nitrogens with zero attached hydrogens (tertiary/aromatic N) is 3. The predicted octanol–water partition coefficient (Wildman–Crippen LogP) is 3.00. The Bertz CT molecular complexity index is 486. The highest BCUT2D eigenvalue weighted by Crippen LogP contribution is 2.30. The molecule has 5 heteroatoms. The van der Waals surface area contributed by atoms with Crippen LogP contribution in [0.15, 0.2) is 0 Å². The van der Waals surface area contributed by atoms with Gasteiger partial charge in [-0.2, -0.15) is 0 Å². The molecular formula is C22H39N3O2. The van der Waals surface area contributed by atoms with Crippen molar-refractivity contribution >= 4 is 11.8 Å². The summed E-state index contributed by atoms with van der Waals surface area (Å²) in [6.45, 7) is 11.0. The molecule has 0 radical (unpaired) electrons. The van der Waals surface area contributed by atoms with Crippen LogP contribution in [0.4, 0.5) is 0 Å². The second-order valence-electron chi connectivity index (χ2n) is 9.22. The first kappa shape index (κ1) is 20.6. The van der Waals surface area contributed by atoms with Gasteiger partial charge < -0.3 is 9.80 Å². The third-order valence-corrected chi connectivity index (χ3v) is 7.20. The number of likely N-dealkylation sites (tertiary alicyclic amines) is 1. The zero-order valence-electron chi connectivity index (χ0n) is 17.5. The molecule has 0 N–H and O–H groups in total. The van der Waals surface area contributed by atoms with E-state index in [9.17, 15) is 9.59 Å². The number of piperidine rings is 1. The van der Waals surface area contributed by atoms with Gasteiger partial charge in [0, 0.05) is 52.1 Å². The van der Waals surface area contributed by atoms with E-state index in [2.05, 4.69) is 16.7 Å². The maximum atomic E-state index is 12.7. The Balaban J connectivity index is 1.29. The Hall–Kier alpha value is -1.10. The Kier molecular flexibility index (Phi) is 7.57. The zero-order chi connectivity index (χ0) is 19.2. The number of hydrogen-bond donors (Lipinski definition) is 0. The van der Waals surface area contributed by atoms with Gasteiger partial charge >= 0.3 is 0 Å². The van der Waals surface area contributed by atoms with Gasteiger partial charge in [0.2, 0.25) is 11.8 Å². The van der Waals surface area contributed by atoms with Crippen molar-refractivity contribution in [1.82, 2.24) is 14.7 Å². The number of amides is 2. The van der Waals surface area contributed by atoms with E-state index in [1.807, 2.05) is 4.90 Å². The van der Waals surface area contributed by atoms with Gasteiger partial charge in [-0.1, -0.05) is 6.92 Å². The van der Waals surface area contributed by atoms with Crippen LogP contribution in [0.3, 0.4) is 0 Å². The molecule has 1 aliphatic carbocycles. The average molecular weight is 378 g/mol. The van der Waals surface area contributed by atoms with Gasteiger partial charge in [0.25, 0.3) is 0 Å². The SMILES string of the molecule is CC(=O)N1CCC(CCCN2CCN(C(=O)[C@H]3CC[C@H](C)CC3)CC2)CC1. The minimum atomic E-state index is 0.226. The summed E-state index contributed by atoms with van der Waals surface area (Å²) in [7, 11) is 0. The lowest BCUT2D eigenvalue weighted by Crippen LogP contribution is -2.50. The molecule has 5 nitrogen and oxygen atoms in total. The number of piperazine rings is 1. The summed E-state index contributed by atoms with van der Waals surface area (Å²) < 4.78 is 0. The fourth-order valence-corrected chi connectivity index (χ4v) is 5.10. The third kappa shape index (κ3) is 5.94. The highest BCUT2D eigenvalue weighted by Gasteiger charge is 2.30. The van der Waals surface area contributed by atoms with Crippen LogP contribution in [0, 0.1) is 17.8 Å². The first-order chi connectivity index (χ1) is 13.0. The summed E-state index contributed by atoms with van der Waals surface area (Å²) in [5.41, 5.74) is 0. The number of hydrogen-bond acceptors (Lipinski definition) is 3. The van der Waals surface area contributed by atoms with Gasteiger partial charge in [-0.25, -0.2) is 0 Å². The second kappa shape index (κ2) is 9.90. The first-order valence-electron chi connectivity index (χ1n) is 11.3. The van der Waals surface area contributed by atoms with Crippen molar-refractivity contribution in [3.05, 3.63) is 0 Å². The molecule has 0 aromatic rings. The van der Waals surface area contributed by atoms with Gasteiger partial charge in [-0.05, 0) is 69.7 Å². The van der Waals surface area contributed by atoms with Crippen molar-refractivity contribution in [3.63, 3.8) is 0 Å². The molecule has 2 aliphatic heterocycles. The molecule has 154 valence electrons. The van der Waals surface area contributed by atoms with E-state index in [0.29, 0.717) is 11.8 Å². The molecule has 0 atom stereocenters. The Morgan fingerprint density at radius 1 is 0.815 bits per heavy atom. The highest BCUT2D eigenvalue weighted by molar-refractivity contribution is 5.79. The summed E-state index contributed by atoms with van der Waals surface area (Å²) in [6, 6.07) is 0. The molecule has 0 spiro atoms. The molecule has 1 saturated carbocycles. The van der Waals surface area contributed by atoms with Crippen LogP contribution < -0.4 is 0 Å². The van der Waals surface area contributed by atoms with Crippen LogP contribution in [0.1, 0.15) is 65.2 Å². The normalized spacial score (nSPS) is 28.4. The number of rotatable bonds is 5. The van der Waals surface area contributed by atoms with Gasteiger partial charge in [-0.15, -0.1) is 0 Å². The average Bonchev–Trinajstić information content (AvgIpc) is 2.69. The second-order valence-corrected chi connectivity index (χ2v) is 9.22. The van der Waals surface area contributed by atoms with Crippen molar-refractivity contribution < 1.29 is 9.59 Å². The molecule has 27 heavy (non-hydrogen) atoms. The Labute approximate surface area is 165 Å². The van der Waals surface area contributed by atoms with Gasteiger partial charge in [0.1, 0.15) is 0 Å². The quantitative estimate of drug-likeness (QED) is 0.740. The van der Waals surface area contributed by atoms with Crippen LogP contribution >= 0.6 is 0 Å². The Morgan fingerprint density at radius 2 is 1.44 bits per heavy atom. The van der Waals surface area contributed by atoms with E-state index in [-0.39, 0.29) is 5.91 Å². The van der Waals surface area contributed by atoms with Gasteiger partial charge in [0.15, 0.2) is 0 Å². The molecule has 0 bridgehead atoms. The molecule has 0 aromatic heterocycles. The lowest BCUT2D eigenvalue weighted by atomic mass is 9.82.